The monoisotopic (exact) mass is 386 g/mol. The number of hydrogen-bond acceptors (Lipinski definition) is 6. The largest absolute Gasteiger partial charge is 0.339 e. The number of amides is 1. The molecule has 1 atom stereocenters. The van der Waals surface area contributed by atoms with E-state index in [2.05, 4.69) is 24.9 Å². The molecule has 4 rings (SSSR count). The third kappa shape index (κ3) is 3.95. The van der Waals surface area contributed by atoms with E-state index in [-0.39, 0.29) is 17.9 Å². The normalized spacial score (nSPS) is 19.8. The third-order valence-electron chi connectivity index (χ3n) is 5.79. The minimum absolute atomic E-state index is 0.0720. The van der Waals surface area contributed by atoms with Crippen LogP contribution in [0.4, 0.5) is 0 Å². The van der Waals surface area contributed by atoms with Gasteiger partial charge in [0.05, 0.1) is 6.04 Å². The van der Waals surface area contributed by atoms with Gasteiger partial charge in [0.2, 0.25) is 11.8 Å². The lowest BCUT2D eigenvalue weighted by molar-refractivity contribution is -0.132. The van der Waals surface area contributed by atoms with E-state index in [0.717, 1.165) is 56.2 Å². The lowest BCUT2D eigenvalue weighted by Gasteiger charge is -2.24. The van der Waals surface area contributed by atoms with E-state index in [0.29, 0.717) is 18.7 Å². The maximum absolute atomic E-state index is 12.9. The zero-order valence-corrected chi connectivity index (χ0v) is 16.9. The van der Waals surface area contributed by atoms with Crippen molar-refractivity contribution in [1.29, 1.82) is 0 Å². The topological polar surface area (TPSA) is 89.9 Å². The zero-order valence-electron chi connectivity index (χ0n) is 16.9. The highest BCUT2D eigenvalue weighted by atomic mass is 16.5. The Labute approximate surface area is 165 Å². The van der Waals surface area contributed by atoms with Gasteiger partial charge in [-0.2, -0.15) is 4.98 Å². The number of aromatic nitrogens is 5. The third-order valence-corrected chi connectivity index (χ3v) is 5.79. The van der Waals surface area contributed by atoms with Crippen LogP contribution in [-0.4, -0.2) is 42.3 Å². The number of nitrogens with zero attached hydrogens (tertiary/aromatic N) is 6. The number of carbonyl (C=O) groups is 1. The van der Waals surface area contributed by atoms with Crippen LogP contribution in [0.15, 0.2) is 4.52 Å². The van der Waals surface area contributed by atoms with Crippen LogP contribution >= 0.6 is 0 Å². The van der Waals surface area contributed by atoms with Crippen molar-refractivity contribution < 1.29 is 9.32 Å². The SMILES string of the molecule is CC(C)c1noc(CCCC(=O)N2CCC[C@H]2c2nnc3n2CCCCC3)n1. The lowest BCUT2D eigenvalue weighted by atomic mass is 10.1. The fourth-order valence-corrected chi connectivity index (χ4v) is 4.23. The van der Waals surface area contributed by atoms with Crippen LogP contribution in [0.1, 0.15) is 94.1 Å². The number of rotatable bonds is 6. The summed E-state index contributed by atoms with van der Waals surface area (Å²) in [5.74, 6) is 3.87. The molecule has 1 saturated heterocycles. The van der Waals surface area contributed by atoms with Crippen molar-refractivity contribution >= 4 is 5.91 Å². The molecule has 0 aromatic carbocycles. The van der Waals surface area contributed by atoms with Crippen molar-refractivity contribution in [2.45, 2.75) is 90.1 Å². The molecule has 0 saturated carbocycles. The van der Waals surface area contributed by atoms with Gasteiger partial charge in [-0.3, -0.25) is 4.79 Å². The minimum atomic E-state index is 0.0720. The van der Waals surface area contributed by atoms with Crippen LogP contribution in [0, 0.1) is 0 Å². The highest BCUT2D eigenvalue weighted by Gasteiger charge is 2.34. The first-order valence-electron chi connectivity index (χ1n) is 10.7. The van der Waals surface area contributed by atoms with Gasteiger partial charge in [-0.15, -0.1) is 10.2 Å². The quantitative estimate of drug-likeness (QED) is 0.757. The molecule has 152 valence electrons. The molecular weight excluding hydrogens is 356 g/mol. The molecule has 2 aromatic heterocycles. The first kappa shape index (κ1) is 19.1. The average Bonchev–Trinajstić information content (AvgIpc) is 3.38. The Balaban J connectivity index is 1.36. The Morgan fingerprint density at radius 1 is 1.18 bits per heavy atom. The standard InChI is InChI=1S/C20H30N6O2/c1-14(2)19-21-17(28-24-19)10-6-11-18(27)25-13-7-8-15(25)20-23-22-16-9-4-3-5-12-26(16)20/h14-15H,3-13H2,1-2H3/t15-/m0/s1. The molecule has 1 fully saturated rings. The van der Waals surface area contributed by atoms with Crippen molar-refractivity contribution in [2.75, 3.05) is 6.54 Å². The summed E-state index contributed by atoms with van der Waals surface area (Å²) in [6.07, 6.45) is 8.45. The summed E-state index contributed by atoms with van der Waals surface area (Å²) in [5.41, 5.74) is 0. The molecule has 8 heteroatoms. The van der Waals surface area contributed by atoms with E-state index in [1.807, 2.05) is 18.7 Å². The molecule has 2 aliphatic rings. The molecule has 0 spiro atoms. The van der Waals surface area contributed by atoms with Crippen LogP contribution in [-0.2, 0) is 24.2 Å². The molecule has 0 bridgehead atoms. The first-order valence-corrected chi connectivity index (χ1v) is 10.7. The summed E-state index contributed by atoms with van der Waals surface area (Å²) in [6, 6.07) is 0.0720. The summed E-state index contributed by atoms with van der Waals surface area (Å²) in [6.45, 7) is 5.86. The molecule has 2 aromatic rings. The van der Waals surface area contributed by atoms with Crippen LogP contribution in [0.25, 0.3) is 0 Å². The van der Waals surface area contributed by atoms with Crippen LogP contribution in [0.3, 0.4) is 0 Å². The van der Waals surface area contributed by atoms with Crippen molar-refractivity contribution in [3.05, 3.63) is 23.4 Å². The van der Waals surface area contributed by atoms with Crippen LogP contribution < -0.4 is 0 Å². The molecule has 0 radical (unpaired) electrons. The van der Waals surface area contributed by atoms with Crippen LogP contribution in [0.2, 0.25) is 0 Å². The minimum Gasteiger partial charge on any atom is -0.339 e. The molecule has 0 N–H and O–H groups in total. The van der Waals surface area contributed by atoms with Crippen LogP contribution in [0.5, 0.6) is 0 Å². The second-order valence-electron chi connectivity index (χ2n) is 8.24. The smallest absolute Gasteiger partial charge is 0.226 e. The number of carbonyl (C=O) groups excluding carboxylic acids is 1. The van der Waals surface area contributed by atoms with E-state index < -0.39 is 0 Å². The maximum atomic E-state index is 12.9. The van der Waals surface area contributed by atoms with E-state index in [9.17, 15) is 4.79 Å². The number of fused-ring (bicyclic) bond motifs is 1. The predicted octanol–water partition coefficient (Wildman–Crippen LogP) is 3.20. The Morgan fingerprint density at radius 3 is 2.89 bits per heavy atom. The first-order chi connectivity index (χ1) is 13.6. The fourth-order valence-electron chi connectivity index (χ4n) is 4.23. The van der Waals surface area contributed by atoms with Gasteiger partial charge in [-0.05, 0) is 32.1 Å². The Morgan fingerprint density at radius 2 is 2.07 bits per heavy atom. The molecule has 0 unspecified atom stereocenters. The van der Waals surface area contributed by atoms with Gasteiger partial charge in [0.1, 0.15) is 5.82 Å². The van der Waals surface area contributed by atoms with Gasteiger partial charge < -0.3 is 14.0 Å². The molecule has 0 aliphatic carbocycles. The van der Waals surface area contributed by atoms with Gasteiger partial charge in [0.15, 0.2) is 11.6 Å². The Bertz CT molecular complexity index is 811. The highest BCUT2D eigenvalue weighted by Crippen LogP contribution is 2.33. The van der Waals surface area contributed by atoms with Gasteiger partial charge in [-0.25, -0.2) is 0 Å². The van der Waals surface area contributed by atoms with E-state index in [1.165, 1.54) is 19.3 Å². The highest BCUT2D eigenvalue weighted by molar-refractivity contribution is 5.76. The molecule has 2 aliphatic heterocycles. The van der Waals surface area contributed by atoms with Crippen molar-refractivity contribution in [3.63, 3.8) is 0 Å². The lowest BCUT2D eigenvalue weighted by Crippen LogP contribution is -2.32. The second-order valence-corrected chi connectivity index (χ2v) is 8.24. The predicted molar refractivity (Wildman–Crippen MR) is 103 cm³/mol. The summed E-state index contributed by atoms with van der Waals surface area (Å²) in [4.78, 5) is 19.3. The molecule has 28 heavy (non-hydrogen) atoms. The molecular formula is C20H30N6O2. The molecule has 8 nitrogen and oxygen atoms in total. The van der Waals surface area contributed by atoms with Gasteiger partial charge in [-0.1, -0.05) is 25.4 Å². The summed E-state index contributed by atoms with van der Waals surface area (Å²) in [5, 5.41) is 12.9. The summed E-state index contributed by atoms with van der Waals surface area (Å²) >= 11 is 0. The number of hydrogen-bond donors (Lipinski definition) is 0. The van der Waals surface area contributed by atoms with Crippen molar-refractivity contribution in [1.82, 2.24) is 29.8 Å². The van der Waals surface area contributed by atoms with Crippen molar-refractivity contribution in [2.24, 2.45) is 0 Å². The number of likely N-dealkylation sites (tertiary alicyclic amines) is 1. The Kier molecular flexibility index (Phi) is 5.73. The fraction of sp³-hybridized carbons (Fsp3) is 0.750. The van der Waals surface area contributed by atoms with E-state index in [4.69, 9.17) is 4.52 Å². The zero-order chi connectivity index (χ0) is 19.5. The summed E-state index contributed by atoms with van der Waals surface area (Å²) < 4.78 is 7.55. The summed E-state index contributed by atoms with van der Waals surface area (Å²) in [7, 11) is 0. The van der Waals surface area contributed by atoms with E-state index >= 15 is 0 Å². The van der Waals surface area contributed by atoms with Gasteiger partial charge in [0, 0.05) is 38.3 Å². The average molecular weight is 387 g/mol. The van der Waals surface area contributed by atoms with E-state index in [1.54, 1.807) is 0 Å². The second kappa shape index (κ2) is 8.41. The molecule has 4 heterocycles. The Hall–Kier alpha value is -2.25. The van der Waals surface area contributed by atoms with Gasteiger partial charge in [0.25, 0.3) is 0 Å². The molecule has 1 amide bonds. The number of aryl methyl sites for hydroxylation is 2. The van der Waals surface area contributed by atoms with Crippen molar-refractivity contribution in [3.8, 4) is 0 Å². The maximum Gasteiger partial charge on any atom is 0.226 e. The van der Waals surface area contributed by atoms with Gasteiger partial charge >= 0.3 is 0 Å².